The van der Waals surface area contributed by atoms with Crippen LogP contribution in [0.3, 0.4) is 0 Å². The Morgan fingerprint density at radius 1 is 1.53 bits per heavy atom. The van der Waals surface area contributed by atoms with Crippen molar-refractivity contribution in [1.29, 1.82) is 5.26 Å². The molecule has 1 aromatic carbocycles. The van der Waals surface area contributed by atoms with E-state index in [1.54, 1.807) is 6.92 Å². The number of hydrogen-bond acceptors (Lipinski definition) is 3. The van der Waals surface area contributed by atoms with Gasteiger partial charge in [0.15, 0.2) is 0 Å². The van der Waals surface area contributed by atoms with E-state index in [0.717, 1.165) is 0 Å². The number of esters is 1. The first-order valence-corrected chi connectivity index (χ1v) is 4.89. The monoisotopic (exact) mass is 232 g/mol. The largest absolute Gasteiger partial charge is 0.465 e. The number of carbonyl (C=O) groups excluding carboxylic acids is 1. The molecule has 0 aliphatic heterocycles. The molecule has 0 bridgehead atoms. The van der Waals surface area contributed by atoms with E-state index in [-0.39, 0.29) is 22.0 Å². The molecule has 0 saturated carbocycles. The Morgan fingerprint density at radius 3 is 2.82 bits per heavy atom. The number of aromatic nitrogens is 1. The SMILES string of the molecule is COC(=O)c1c(C)[nH]c2c(F)ccc(C#N)c12. The fourth-order valence-electron chi connectivity index (χ4n) is 1.85. The number of ether oxygens (including phenoxy) is 1. The van der Waals surface area contributed by atoms with Crippen molar-refractivity contribution in [2.24, 2.45) is 0 Å². The second-order valence-corrected chi connectivity index (χ2v) is 3.57. The molecule has 0 radical (unpaired) electrons. The number of benzene rings is 1. The summed E-state index contributed by atoms with van der Waals surface area (Å²) in [6, 6.07) is 4.47. The number of nitriles is 1. The van der Waals surface area contributed by atoms with Crippen molar-refractivity contribution in [2.45, 2.75) is 6.92 Å². The van der Waals surface area contributed by atoms with Crippen LogP contribution < -0.4 is 0 Å². The van der Waals surface area contributed by atoms with Crippen molar-refractivity contribution < 1.29 is 13.9 Å². The molecule has 2 rings (SSSR count). The van der Waals surface area contributed by atoms with Crippen LogP contribution in [-0.4, -0.2) is 18.1 Å². The number of hydrogen-bond donors (Lipinski definition) is 1. The van der Waals surface area contributed by atoms with E-state index in [4.69, 9.17) is 5.26 Å². The van der Waals surface area contributed by atoms with Crippen LogP contribution in [0.1, 0.15) is 21.6 Å². The van der Waals surface area contributed by atoms with Crippen molar-refractivity contribution >= 4 is 16.9 Å². The Morgan fingerprint density at radius 2 is 2.24 bits per heavy atom. The molecule has 0 aliphatic carbocycles. The van der Waals surface area contributed by atoms with Crippen LogP contribution in [0.5, 0.6) is 0 Å². The first-order chi connectivity index (χ1) is 8.10. The highest BCUT2D eigenvalue weighted by molar-refractivity contribution is 6.07. The highest BCUT2D eigenvalue weighted by Gasteiger charge is 2.21. The number of aryl methyl sites for hydroxylation is 1. The predicted octanol–water partition coefficient (Wildman–Crippen LogP) is 2.27. The zero-order chi connectivity index (χ0) is 12.6. The average molecular weight is 232 g/mol. The van der Waals surface area contributed by atoms with Gasteiger partial charge in [0.05, 0.1) is 29.8 Å². The topological polar surface area (TPSA) is 65.9 Å². The molecule has 0 unspecified atom stereocenters. The van der Waals surface area contributed by atoms with Crippen LogP contribution in [-0.2, 0) is 4.74 Å². The number of fused-ring (bicyclic) bond motifs is 1. The number of methoxy groups -OCH3 is 1. The molecule has 0 amide bonds. The van der Waals surface area contributed by atoms with Gasteiger partial charge in [-0.1, -0.05) is 0 Å². The summed E-state index contributed by atoms with van der Waals surface area (Å²) in [5, 5.41) is 9.25. The molecule has 0 saturated heterocycles. The summed E-state index contributed by atoms with van der Waals surface area (Å²) in [4.78, 5) is 14.4. The van der Waals surface area contributed by atoms with Crippen LogP contribution in [0.25, 0.3) is 10.9 Å². The summed E-state index contributed by atoms with van der Waals surface area (Å²) in [7, 11) is 1.24. The Bertz CT molecular complexity index is 653. The van der Waals surface area contributed by atoms with Gasteiger partial charge in [-0.3, -0.25) is 0 Å². The standard InChI is InChI=1S/C12H9FN2O2/c1-6-9(12(16)17-2)10-7(5-14)3-4-8(13)11(10)15-6/h3-4,15H,1-2H3. The second kappa shape index (κ2) is 3.91. The number of nitrogens with one attached hydrogen (secondary N) is 1. The van der Waals surface area contributed by atoms with E-state index in [2.05, 4.69) is 9.72 Å². The quantitative estimate of drug-likeness (QED) is 0.767. The minimum Gasteiger partial charge on any atom is -0.465 e. The van der Waals surface area contributed by atoms with Crippen molar-refractivity contribution in [3.05, 3.63) is 34.8 Å². The molecule has 86 valence electrons. The van der Waals surface area contributed by atoms with E-state index < -0.39 is 11.8 Å². The van der Waals surface area contributed by atoms with Gasteiger partial charge < -0.3 is 9.72 Å². The maximum absolute atomic E-state index is 13.6. The zero-order valence-electron chi connectivity index (χ0n) is 9.30. The van der Waals surface area contributed by atoms with Gasteiger partial charge in [0.25, 0.3) is 0 Å². The number of H-pyrrole nitrogens is 1. The number of aromatic amines is 1. The normalized spacial score (nSPS) is 10.2. The molecule has 5 heteroatoms. The van der Waals surface area contributed by atoms with E-state index in [1.165, 1.54) is 19.2 Å². The Balaban J connectivity index is 2.94. The van der Waals surface area contributed by atoms with Gasteiger partial charge in [0, 0.05) is 11.1 Å². The molecule has 0 spiro atoms. The average Bonchev–Trinajstić information content (AvgIpc) is 2.67. The van der Waals surface area contributed by atoms with Crippen LogP contribution in [0.2, 0.25) is 0 Å². The van der Waals surface area contributed by atoms with Crippen molar-refractivity contribution in [3.8, 4) is 6.07 Å². The summed E-state index contributed by atoms with van der Waals surface area (Å²) in [5.74, 6) is -1.09. The van der Waals surface area contributed by atoms with E-state index in [1.807, 2.05) is 6.07 Å². The summed E-state index contributed by atoms with van der Waals surface area (Å²) in [6.07, 6.45) is 0. The lowest BCUT2D eigenvalue weighted by atomic mass is 10.1. The smallest absolute Gasteiger partial charge is 0.340 e. The molecule has 0 fully saturated rings. The van der Waals surface area contributed by atoms with E-state index in [0.29, 0.717) is 5.69 Å². The van der Waals surface area contributed by atoms with Gasteiger partial charge in [0.1, 0.15) is 5.82 Å². The molecule has 1 N–H and O–H groups in total. The van der Waals surface area contributed by atoms with E-state index >= 15 is 0 Å². The van der Waals surface area contributed by atoms with Crippen LogP contribution in [0.4, 0.5) is 4.39 Å². The Hall–Kier alpha value is -2.35. The molecular formula is C12H9FN2O2. The van der Waals surface area contributed by atoms with E-state index in [9.17, 15) is 9.18 Å². The maximum Gasteiger partial charge on any atom is 0.340 e. The zero-order valence-corrected chi connectivity index (χ0v) is 9.30. The van der Waals surface area contributed by atoms with Gasteiger partial charge in [-0.15, -0.1) is 0 Å². The maximum atomic E-state index is 13.6. The van der Waals surface area contributed by atoms with Gasteiger partial charge in [-0.2, -0.15) is 5.26 Å². The van der Waals surface area contributed by atoms with Crippen molar-refractivity contribution in [1.82, 2.24) is 4.98 Å². The third-order valence-corrected chi connectivity index (χ3v) is 2.60. The van der Waals surface area contributed by atoms with Gasteiger partial charge >= 0.3 is 5.97 Å². The molecule has 0 aliphatic rings. The summed E-state index contributed by atoms with van der Waals surface area (Å²) in [6.45, 7) is 1.63. The minimum absolute atomic E-state index is 0.155. The predicted molar refractivity (Wildman–Crippen MR) is 59.0 cm³/mol. The first kappa shape index (κ1) is 11.1. The molecule has 4 nitrogen and oxygen atoms in total. The Labute approximate surface area is 96.6 Å². The third kappa shape index (κ3) is 1.54. The lowest BCUT2D eigenvalue weighted by Gasteiger charge is -2.00. The summed E-state index contributed by atoms with van der Waals surface area (Å²) < 4.78 is 18.2. The summed E-state index contributed by atoms with van der Waals surface area (Å²) >= 11 is 0. The third-order valence-electron chi connectivity index (χ3n) is 2.60. The van der Waals surface area contributed by atoms with Crippen LogP contribution in [0, 0.1) is 24.1 Å². The molecule has 0 atom stereocenters. The lowest BCUT2D eigenvalue weighted by Crippen LogP contribution is -2.02. The summed E-state index contributed by atoms with van der Waals surface area (Å²) in [5.41, 5.74) is 1.08. The lowest BCUT2D eigenvalue weighted by molar-refractivity contribution is 0.0602. The number of carbonyl (C=O) groups is 1. The highest BCUT2D eigenvalue weighted by Crippen LogP contribution is 2.28. The van der Waals surface area contributed by atoms with Gasteiger partial charge in [0.2, 0.25) is 0 Å². The molecular weight excluding hydrogens is 223 g/mol. The minimum atomic E-state index is -0.587. The van der Waals surface area contributed by atoms with Gasteiger partial charge in [-0.25, -0.2) is 9.18 Å². The van der Waals surface area contributed by atoms with Crippen molar-refractivity contribution in [3.63, 3.8) is 0 Å². The fraction of sp³-hybridized carbons (Fsp3) is 0.167. The Kier molecular flexibility index (Phi) is 2.56. The van der Waals surface area contributed by atoms with Crippen LogP contribution in [0.15, 0.2) is 12.1 Å². The number of rotatable bonds is 1. The second-order valence-electron chi connectivity index (χ2n) is 3.57. The molecule has 1 heterocycles. The molecule has 2 aromatic rings. The number of halogens is 1. The van der Waals surface area contributed by atoms with Crippen LogP contribution >= 0.6 is 0 Å². The molecule has 1 aromatic heterocycles. The molecule has 17 heavy (non-hydrogen) atoms. The van der Waals surface area contributed by atoms with Gasteiger partial charge in [-0.05, 0) is 19.1 Å². The highest BCUT2D eigenvalue weighted by atomic mass is 19.1. The number of nitrogens with zero attached hydrogens (tertiary/aromatic N) is 1. The van der Waals surface area contributed by atoms with Crippen molar-refractivity contribution in [2.75, 3.05) is 7.11 Å². The fourth-order valence-corrected chi connectivity index (χ4v) is 1.85. The first-order valence-electron chi connectivity index (χ1n) is 4.89.